The highest BCUT2D eigenvalue weighted by Crippen LogP contribution is 2.27. The van der Waals surface area contributed by atoms with Gasteiger partial charge in [-0.2, -0.15) is 0 Å². The number of aromatic nitrogens is 1. The molecule has 1 aromatic heterocycles. The SMILES string of the molecule is OC1(C#Cc2ccc3ccccc3n2)CCCCC1. The molecule has 1 saturated carbocycles. The summed E-state index contributed by atoms with van der Waals surface area (Å²) in [4.78, 5) is 4.51. The van der Waals surface area contributed by atoms with Crippen LogP contribution in [-0.2, 0) is 0 Å². The van der Waals surface area contributed by atoms with Crippen LogP contribution in [0.4, 0.5) is 0 Å². The maximum absolute atomic E-state index is 10.3. The third-order valence-electron chi connectivity index (χ3n) is 3.70. The molecule has 96 valence electrons. The van der Waals surface area contributed by atoms with Crippen LogP contribution < -0.4 is 0 Å². The van der Waals surface area contributed by atoms with Crippen LogP contribution in [0.1, 0.15) is 37.8 Å². The number of rotatable bonds is 0. The van der Waals surface area contributed by atoms with Gasteiger partial charge in [-0.25, -0.2) is 4.98 Å². The first-order valence-corrected chi connectivity index (χ1v) is 6.87. The number of benzene rings is 1. The molecule has 1 aliphatic carbocycles. The molecule has 0 bridgehead atoms. The third-order valence-corrected chi connectivity index (χ3v) is 3.70. The van der Waals surface area contributed by atoms with E-state index in [1.165, 1.54) is 6.42 Å². The summed E-state index contributed by atoms with van der Waals surface area (Å²) in [5.74, 6) is 6.06. The van der Waals surface area contributed by atoms with Gasteiger partial charge >= 0.3 is 0 Å². The highest BCUT2D eigenvalue weighted by atomic mass is 16.3. The Bertz CT molecular complexity index is 645. The van der Waals surface area contributed by atoms with E-state index in [1.54, 1.807) is 0 Å². The minimum Gasteiger partial charge on any atom is -0.378 e. The number of para-hydroxylation sites is 1. The minimum absolute atomic E-state index is 0.734. The van der Waals surface area contributed by atoms with Crippen LogP contribution >= 0.6 is 0 Å². The predicted octanol–water partition coefficient (Wildman–Crippen LogP) is 3.28. The number of fused-ring (bicyclic) bond motifs is 1. The Hall–Kier alpha value is -1.85. The lowest BCUT2D eigenvalue weighted by molar-refractivity contribution is 0.0610. The Morgan fingerprint density at radius 3 is 2.63 bits per heavy atom. The van der Waals surface area contributed by atoms with Gasteiger partial charge in [-0.1, -0.05) is 36.6 Å². The zero-order chi connectivity index (χ0) is 13.1. The molecule has 1 aromatic carbocycles. The van der Waals surface area contributed by atoms with E-state index in [9.17, 15) is 5.11 Å². The van der Waals surface area contributed by atoms with E-state index in [1.807, 2.05) is 36.4 Å². The Labute approximate surface area is 113 Å². The molecule has 0 radical (unpaired) electrons. The molecule has 0 aliphatic heterocycles. The van der Waals surface area contributed by atoms with Gasteiger partial charge in [0.2, 0.25) is 0 Å². The van der Waals surface area contributed by atoms with Crippen LogP contribution in [0.15, 0.2) is 36.4 Å². The van der Waals surface area contributed by atoms with Crippen molar-refractivity contribution in [3.63, 3.8) is 0 Å². The summed E-state index contributed by atoms with van der Waals surface area (Å²) in [6.45, 7) is 0. The molecule has 0 atom stereocenters. The molecule has 0 spiro atoms. The molecule has 2 nitrogen and oxygen atoms in total. The number of nitrogens with zero attached hydrogens (tertiary/aromatic N) is 1. The molecule has 1 heterocycles. The second-order valence-electron chi connectivity index (χ2n) is 5.23. The van der Waals surface area contributed by atoms with Gasteiger partial charge in [0, 0.05) is 5.39 Å². The Balaban J connectivity index is 1.89. The van der Waals surface area contributed by atoms with Crippen molar-refractivity contribution in [2.75, 3.05) is 0 Å². The van der Waals surface area contributed by atoms with Crippen molar-refractivity contribution >= 4 is 10.9 Å². The van der Waals surface area contributed by atoms with Gasteiger partial charge in [0.1, 0.15) is 11.3 Å². The average molecular weight is 251 g/mol. The first-order valence-electron chi connectivity index (χ1n) is 6.87. The Kier molecular flexibility index (Phi) is 3.23. The summed E-state index contributed by atoms with van der Waals surface area (Å²) in [6.07, 6.45) is 4.91. The topological polar surface area (TPSA) is 33.1 Å². The van der Waals surface area contributed by atoms with Crippen molar-refractivity contribution in [1.82, 2.24) is 4.98 Å². The van der Waals surface area contributed by atoms with Gasteiger partial charge in [-0.15, -0.1) is 0 Å². The summed E-state index contributed by atoms with van der Waals surface area (Å²) in [5.41, 5.74) is 0.883. The lowest BCUT2D eigenvalue weighted by Gasteiger charge is -2.26. The Morgan fingerprint density at radius 2 is 1.79 bits per heavy atom. The maximum atomic E-state index is 10.3. The van der Waals surface area contributed by atoms with E-state index in [0.29, 0.717) is 0 Å². The van der Waals surface area contributed by atoms with Gasteiger partial charge in [0.05, 0.1) is 5.52 Å². The second kappa shape index (κ2) is 5.03. The number of hydrogen-bond donors (Lipinski definition) is 1. The molecule has 19 heavy (non-hydrogen) atoms. The fourth-order valence-electron chi connectivity index (χ4n) is 2.58. The third kappa shape index (κ3) is 2.77. The van der Waals surface area contributed by atoms with Crippen molar-refractivity contribution in [2.24, 2.45) is 0 Å². The molecule has 1 N–H and O–H groups in total. The van der Waals surface area contributed by atoms with Crippen LogP contribution in [0.3, 0.4) is 0 Å². The Morgan fingerprint density at radius 1 is 1.00 bits per heavy atom. The molecule has 0 unspecified atom stereocenters. The number of hydrogen-bond acceptors (Lipinski definition) is 2. The highest BCUT2D eigenvalue weighted by Gasteiger charge is 2.26. The van der Waals surface area contributed by atoms with Crippen molar-refractivity contribution in [2.45, 2.75) is 37.7 Å². The molecule has 0 amide bonds. The zero-order valence-corrected chi connectivity index (χ0v) is 10.9. The summed E-state index contributed by atoms with van der Waals surface area (Å²) in [5, 5.41) is 11.5. The van der Waals surface area contributed by atoms with Crippen molar-refractivity contribution in [3.8, 4) is 11.8 Å². The van der Waals surface area contributed by atoms with Gasteiger partial charge in [0.15, 0.2) is 0 Å². The summed E-state index contributed by atoms with van der Waals surface area (Å²) >= 11 is 0. The summed E-state index contributed by atoms with van der Waals surface area (Å²) < 4.78 is 0. The molecule has 2 heteroatoms. The largest absolute Gasteiger partial charge is 0.378 e. The fraction of sp³-hybridized carbons (Fsp3) is 0.353. The monoisotopic (exact) mass is 251 g/mol. The van der Waals surface area contributed by atoms with E-state index in [2.05, 4.69) is 16.8 Å². The van der Waals surface area contributed by atoms with Crippen LogP contribution in [0, 0.1) is 11.8 Å². The van der Waals surface area contributed by atoms with Crippen LogP contribution in [-0.4, -0.2) is 15.7 Å². The second-order valence-corrected chi connectivity index (χ2v) is 5.23. The number of aliphatic hydroxyl groups is 1. The van der Waals surface area contributed by atoms with Gasteiger partial charge in [-0.3, -0.25) is 0 Å². The lowest BCUT2D eigenvalue weighted by Crippen LogP contribution is -2.29. The van der Waals surface area contributed by atoms with Crippen LogP contribution in [0.2, 0.25) is 0 Å². The van der Waals surface area contributed by atoms with E-state index >= 15 is 0 Å². The van der Waals surface area contributed by atoms with E-state index in [0.717, 1.165) is 42.3 Å². The van der Waals surface area contributed by atoms with E-state index < -0.39 is 5.60 Å². The van der Waals surface area contributed by atoms with Crippen molar-refractivity contribution in [3.05, 3.63) is 42.1 Å². The standard InChI is InChI=1S/C17H17NO/c19-17(11-4-1-5-12-17)13-10-15-9-8-14-6-2-3-7-16(14)18-15/h2-3,6-9,19H,1,4-5,11-12H2. The summed E-state index contributed by atoms with van der Waals surface area (Å²) in [7, 11) is 0. The van der Waals surface area contributed by atoms with Crippen LogP contribution in [0.25, 0.3) is 10.9 Å². The lowest BCUT2D eigenvalue weighted by atomic mass is 9.85. The molecule has 2 aromatic rings. The average Bonchev–Trinajstić information content (AvgIpc) is 2.46. The number of pyridine rings is 1. The van der Waals surface area contributed by atoms with E-state index in [4.69, 9.17) is 0 Å². The molecule has 1 fully saturated rings. The van der Waals surface area contributed by atoms with Crippen LogP contribution in [0.5, 0.6) is 0 Å². The zero-order valence-electron chi connectivity index (χ0n) is 10.9. The first kappa shape index (κ1) is 12.2. The van der Waals surface area contributed by atoms with Crippen molar-refractivity contribution < 1.29 is 5.11 Å². The van der Waals surface area contributed by atoms with Gasteiger partial charge < -0.3 is 5.11 Å². The normalized spacial score (nSPS) is 17.7. The quantitative estimate of drug-likeness (QED) is 0.729. The maximum Gasteiger partial charge on any atom is 0.125 e. The van der Waals surface area contributed by atoms with Gasteiger partial charge in [0.25, 0.3) is 0 Å². The van der Waals surface area contributed by atoms with Gasteiger partial charge in [-0.05, 0) is 43.7 Å². The summed E-state index contributed by atoms with van der Waals surface area (Å²) in [6, 6.07) is 11.9. The fourth-order valence-corrected chi connectivity index (χ4v) is 2.58. The highest BCUT2D eigenvalue weighted by molar-refractivity contribution is 5.78. The molecule has 1 aliphatic rings. The minimum atomic E-state index is -0.800. The van der Waals surface area contributed by atoms with E-state index in [-0.39, 0.29) is 0 Å². The van der Waals surface area contributed by atoms with Crippen molar-refractivity contribution in [1.29, 1.82) is 0 Å². The molecule has 3 rings (SSSR count). The first-order chi connectivity index (χ1) is 9.25. The molecular formula is C17H17NO. The smallest absolute Gasteiger partial charge is 0.125 e. The molecule has 0 saturated heterocycles. The predicted molar refractivity (Wildman–Crippen MR) is 76.7 cm³/mol. The molecular weight excluding hydrogens is 234 g/mol.